The second-order valence-corrected chi connectivity index (χ2v) is 6.78. The Morgan fingerprint density at radius 2 is 1.90 bits per heavy atom. The van der Waals surface area contributed by atoms with Crippen molar-refractivity contribution in [2.24, 2.45) is 0 Å². The number of benzene rings is 1. The Kier molecular flexibility index (Phi) is 4.42. The van der Waals surface area contributed by atoms with Gasteiger partial charge in [-0.25, -0.2) is 0 Å². The van der Waals surface area contributed by atoms with Gasteiger partial charge in [0.2, 0.25) is 0 Å². The molecule has 0 radical (unpaired) electrons. The molecule has 1 aromatic carbocycles. The van der Waals surface area contributed by atoms with Crippen LogP contribution in [0.15, 0.2) is 30.3 Å². The zero-order chi connectivity index (χ0) is 13.8. The van der Waals surface area contributed by atoms with Gasteiger partial charge < -0.3 is 5.32 Å². The smallest absolute Gasteiger partial charge is 0.0309 e. The number of nitrogens with one attached hydrogen (secondary N) is 1. The summed E-state index contributed by atoms with van der Waals surface area (Å²) in [5.41, 5.74) is 1.90. The summed E-state index contributed by atoms with van der Waals surface area (Å²) >= 11 is 0. The van der Waals surface area contributed by atoms with Gasteiger partial charge in [0, 0.05) is 31.2 Å². The zero-order valence-electron chi connectivity index (χ0n) is 12.8. The third kappa shape index (κ3) is 3.24. The molecule has 1 aliphatic heterocycles. The van der Waals surface area contributed by atoms with Crippen molar-refractivity contribution in [3.8, 4) is 0 Å². The summed E-state index contributed by atoms with van der Waals surface area (Å²) in [7, 11) is 0. The van der Waals surface area contributed by atoms with E-state index in [0.29, 0.717) is 11.6 Å². The Bertz CT molecular complexity index is 403. The highest BCUT2D eigenvalue weighted by atomic mass is 15.2. The van der Waals surface area contributed by atoms with Gasteiger partial charge in [-0.05, 0) is 31.7 Å². The van der Waals surface area contributed by atoms with Crippen molar-refractivity contribution in [3.05, 3.63) is 35.9 Å². The van der Waals surface area contributed by atoms with Gasteiger partial charge >= 0.3 is 0 Å². The fourth-order valence-corrected chi connectivity index (χ4v) is 4.01. The molecule has 0 amide bonds. The maximum Gasteiger partial charge on any atom is 0.0309 e. The SMILES string of the molecule is CC(Cc1ccccc1)N1CCNC2(CCCCC2)C1. The van der Waals surface area contributed by atoms with Crippen molar-refractivity contribution in [2.45, 2.75) is 57.0 Å². The zero-order valence-corrected chi connectivity index (χ0v) is 12.8. The average Bonchev–Trinajstić information content (AvgIpc) is 2.49. The van der Waals surface area contributed by atoms with E-state index in [1.165, 1.54) is 63.7 Å². The Balaban J connectivity index is 1.61. The molecule has 1 heterocycles. The lowest BCUT2D eigenvalue weighted by Gasteiger charge is -2.48. The van der Waals surface area contributed by atoms with Gasteiger partial charge in [0.15, 0.2) is 0 Å². The molecule has 1 saturated heterocycles. The molecule has 1 spiro atoms. The van der Waals surface area contributed by atoms with Crippen molar-refractivity contribution in [3.63, 3.8) is 0 Å². The van der Waals surface area contributed by atoms with Crippen LogP contribution in [0.25, 0.3) is 0 Å². The summed E-state index contributed by atoms with van der Waals surface area (Å²) in [4.78, 5) is 2.72. The Labute approximate surface area is 123 Å². The molecule has 1 unspecified atom stereocenters. The minimum atomic E-state index is 0.432. The minimum Gasteiger partial charge on any atom is -0.309 e. The van der Waals surface area contributed by atoms with E-state index in [9.17, 15) is 0 Å². The first-order valence-corrected chi connectivity index (χ1v) is 8.30. The van der Waals surface area contributed by atoms with E-state index in [1.807, 2.05) is 0 Å². The standard InChI is InChI=1S/C18H28N2/c1-16(14-17-8-4-2-5-9-17)20-13-12-19-18(15-20)10-6-3-7-11-18/h2,4-5,8-9,16,19H,3,6-7,10-15H2,1H3. The molecule has 110 valence electrons. The quantitative estimate of drug-likeness (QED) is 0.909. The van der Waals surface area contributed by atoms with Crippen LogP contribution in [-0.4, -0.2) is 36.1 Å². The van der Waals surface area contributed by atoms with Crippen LogP contribution in [0, 0.1) is 0 Å². The molecular weight excluding hydrogens is 244 g/mol. The summed E-state index contributed by atoms with van der Waals surface area (Å²) in [5.74, 6) is 0. The summed E-state index contributed by atoms with van der Waals surface area (Å²) < 4.78 is 0. The van der Waals surface area contributed by atoms with Crippen LogP contribution in [0.2, 0.25) is 0 Å². The largest absolute Gasteiger partial charge is 0.309 e. The van der Waals surface area contributed by atoms with Gasteiger partial charge in [-0.15, -0.1) is 0 Å². The second-order valence-electron chi connectivity index (χ2n) is 6.78. The highest BCUT2D eigenvalue weighted by molar-refractivity contribution is 5.16. The fourth-order valence-electron chi connectivity index (χ4n) is 4.01. The molecular formula is C18H28N2. The molecule has 2 aliphatic rings. The molecule has 1 aliphatic carbocycles. The molecule has 2 fully saturated rings. The maximum atomic E-state index is 3.84. The molecule has 20 heavy (non-hydrogen) atoms. The Morgan fingerprint density at radius 3 is 2.65 bits per heavy atom. The first-order chi connectivity index (χ1) is 9.77. The summed E-state index contributed by atoms with van der Waals surface area (Å²) in [6.45, 7) is 6.02. The van der Waals surface area contributed by atoms with Crippen molar-refractivity contribution in [1.29, 1.82) is 0 Å². The number of hydrogen-bond donors (Lipinski definition) is 1. The fraction of sp³-hybridized carbons (Fsp3) is 0.667. The molecule has 0 bridgehead atoms. The van der Waals surface area contributed by atoms with Gasteiger partial charge in [0.25, 0.3) is 0 Å². The van der Waals surface area contributed by atoms with E-state index in [0.717, 1.165) is 0 Å². The molecule has 1 N–H and O–H groups in total. The average molecular weight is 272 g/mol. The summed E-state index contributed by atoms with van der Waals surface area (Å²) in [6.07, 6.45) is 8.19. The Morgan fingerprint density at radius 1 is 1.15 bits per heavy atom. The number of nitrogens with zero attached hydrogens (tertiary/aromatic N) is 1. The normalized spacial score (nSPS) is 24.6. The van der Waals surface area contributed by atoms with E-state index >= 15 is 0 Å². The van der Waals surface area contributed by atoms with Crippen LogP contribution in [0.5, 0.6) is 0 Å². The third-order valence-electron chi connectivity index (χ3n) is 5.21. The summed E-state index contributed by atoms with van der Waals surface area (Å²) in [5, 5.41) is 3.84. The van der Waals surface area contributed by atoms with Gasteiger partial charge in [-0.3, -0.25) is 4.90 Å². The predicted molar refractivity (Wildman–Crippen MR) is 85.0 cm³/mol. The maximum absolute atomic E-state index is 3.84. The van der Waals surface area contributed by atoms with Crippen LogP contribution in [0.1, 0.15) is 44.6 Å². The van der Waals surface area contributed by atoms with E-state index in [2.05, 4.69) is 47.5 Å². The van der Waals surface area contributed by atoms with Gasteiger partial charge in [0.1, 0.15) is 0 Å². The van der Waals surface area contributed by atoms with Gasteiger partial charge in [-0.2, -0.15) is 0 Å². The molecule has 2 nitrogen and oxygen atoms in total. The van der Waals surface area contributed by atoms with Crippen molar-refractivity contribution >= 4 is 0 Å². The minimum absolute atomic E-state index is 0.432. The molecule has 0 aromatic heterocycles. The number of hydrogen-bond acceptors (Lipinski definition) is 2. The van der Waals surface area contributed by atoms with Crippen molar-refractivity contribution < 1.29 is 0 Å². The Hall–Kier alpha value is -0.860. The van der Waals surface area contributed by atoms with E-state index < -0.39 is 0 Å². The molecule has 1 saturated carbocycles. The molecule has 3 rings (SSSR count). The number of rotatable bonds is 3. The van der Waals surface area contributed by atoms with Crippen LogP contribution in [-0.2, 0) is 6.42 Å². The number of piperazine rings is 1. The highest BCUT2D eigenvalue weighted by Gasteiger charge is 2.37. The van der Waals surface area contributed by atoms with Crippen LogP contribution in [0.4, 0.5) is 0 Å². The van der Waals surface area contributed by atoms with E-state index in [4.69, 9.17) is 0 Å². The third-order valence-corrected chi connectivity index (χ3v) is 5.21. The first-order valence-electron chi connectivity index (χ1n) is 8.30. The predicted octanol–water partition coefficient (Wildman–Crippen LogP) is 3.23. The van der Waals surface area contributed by atoms with Crippen LogP contribution in [0.3, 0.4) is 0 Å². The van der Waals surface area contributed by atoms with Crippen molar-refractivity contribution in [2.75, 3.05) is 19.6 Å². The van der Waals surface area contributed by atoms with Crippen molar-refractivity contribution in [1.82, 2.24) is 10.2 Å². The lowest BCUT2D eigenvalue weighted by molar-refractivity contribution is 0.0732. The highest BCUT2D eigenvalue weighted by Crippen LogP contribution is 2.31. The van der Waals surface area contributed by atoms with Gasteiger partial charge in [-0.1, -0.05) is 49.6 Å². The van der Waals surface area contributed by atoms with E-state index in [1.54, 1.807) is 0 Å². The second kappa shape index (κ2) is 6.28. The summed E-state index contributed by atoms with van der Waals surface area (Å²) in [6, 6.07) is 11.6. The molecule has 2 heteroatoms. The van der Waals surface area contributed by atoms with E-state index in [-0.39, 0.29) is 0 Å². The van der Waals surface area contributed by atoms with Gasteiger partial charge in [0.05, 0.1) is 0 Å². The topological polar surface area (TPSA) is 15.3 Å². The lowest BCUT2D eigenvalue weighted by atomic mass is 9.80. The first kappa shape index (κ1) is 14.1. The lowest BCUT2D eigenvalue weighted by Crippen LogP contribution is -2.62. The molecule has 1 aromatic rings. The van der Waals surface area contributed by atoms with Crippen LogP contribution < -0.4 is 5.32 Å². The molecule has 1 atom stereocenters. The monoisotopic (exact) mass is 272 g/mol. The van der Waals surface area contributed by atoms with Crippen LogP contribution >= 0.6 is 0 Å².